The second kappa shape index (κ2) is 11.5. The van der Waals surface area contributed by atoms with Gasteiger partial charge < -0.3 is 25.0 Å². The molecule has 2 aromatic rings. The summed E-state index contributed by atoms with van der Waals surface area (Å²) in [5.74, 6) is 3.34. The van der Waals surface area contributed by atoms with E-state index in [2.05, 4.69) is 32.7 Å². The van der Waals surface area contributed by atoms with E-state index in [9.17, 15) is 0 Å². The van der Waals surface area contributed by atoms with E-state index in [-0.39, 0.29) is 0 Å². The van der Waals surface area contributed by atoms with Gasteiger partial charge in [0.15, 0.2) is 5.96 Å². The average molecular weight is 411 g/mol. The van der Waals surface area contributed by atoms with Crippen LogP contribution in [0.3, 0.4) is 0 Å². The van der Waals surface area contributed by atoms with Crippen molar-refractivity contribution >= 4 is 5.96 Å². The minimum Gasteiger partial charge on any atom is -0.493 e. The third kappa shape index (κ3) is 7.26. The number of nitrogens with one attached hydrogen (secondary N) is 2. The summed E-state index contributed by atoms with van der Waals surface area (Å²) in [7, 11) is 5.87. The minimum atomic E-state index is 0.637. The number of aliphatic imine (C=N–C) groups is 1. The Morgan fingerprint density at radius 3 is 2.03 bits per heavy atom. The van der Waals surface area contributed by atoms with Crippen LogP contribution in [-0.4, -0.2) is 51.8 Å². The molecule has 2 N–H and O–H groups in total. The van der Waals surface area contributed by atoms with Crippen LogP contribution in [0.5, 0.6) is 11.5 Å². The summed E-state index contributed by atoms with van der Waals surface area (Å²) in [4.78, 5) is 6.46. The fourth-order valence-corrected chi connectivity index (χ4v) is 2.99. The van der Waals surface area contributed by atoms with Crippen LogP contribution in [0, 0.1) is 5.92 Å². The highest BCUT2D eigenvalue weighted by Gasteiger charge is 2.22. The van der Waals surface area contributed by atoms with Gasteiger partial charge in [0.1, 0.15) is 18.1 Å². The highest BCUT2D eigenvalue weighted by atomic mass is 16.5. The van der Waals surface area contributed by atoms with Crippen LogP contribution in [0.2, 0.25) is 0 Å². The predicted molar refractivity (Wildman–Crippen MR) is 122 cm³/mol. The molecule has 1 fully saturated rings. The molecular weight excluding hydrogens is 376 g/mol. The van der Waals surface area contributed by atoms with E-state index in [0.717, 1.165) is 47.7 Å². The first kappa shape index (κ1) is 22.0. The molecule has 0 atom stereocenters. The van der Waals surface area contributed by atoms with Crippen molar-refractivity contribution in [2.45, 2.75) is 25.9 Å². The molecule has 0 aliphatic heterocycles. The Bertz CT molecular complexity index is 818. The average Bonchev–Trinajstić information content (AvgIpc) is 3.58. The zero-order valence-corrected chi connectivity index (χ0v) is 18.4. The molecule has 0 amide bonds. The summed E-state index contributed by atoms with van der Waals surface area (Å²) in [6, 6.07) is 16.3. The Hall–Kier alpha value is -2.73. The maximum Gasteiger partial charge on any atom is 0.191 e. The molecule has 0 spiro atoms. The Kier molecular flexibility index (Phi) is 8.39. The summed E-state index contributed by atoms with van der Waals surface area (Å²) in [5.41, 5.74) is 2.24. The van der Waals surface area contributed by atoms with E-state index in [1.807, 2.05) is 50.5 Å². The van der Waals surface area contributed by atoms with E-state index < -0.39 is 0 Å². The molecular formula is C24H34N4O2. The fourth-order valence-electron chi connectivity index (χ4n) is 2.99. The van der Waals surface area contributed by atoms with E-state index in [1.165, 1.54) is 12.8 Å². The second-order valence-corrected chi connectivity index (χ2v) is 7.90. The van der Waals surface area contributed by atoms with Crippen molar-refractivity contribution in [3.63, 3.8) is 0 Å². The van der Waals surface area contributed by atoms with Crippen molar-refractivity contribution in [1.82, 2.24) is 15.5 Å². The molecule has 1 aliphatic carbocycles. The van der Waals surface area contributed by atoms with Gasteiger partial charge in [-0.3, -0.25) is 4.99 Å². The molecule has 6 nitrogen and oxygen atoms in total. The molecule has 162 valence electrons. The van der Waals surface area contributed by atoms with Crippen LogP contribution < -0.4 is 20.1 Å². The van der Waals surface area contributed by atoms with Crippen molar-refractivity contribution in [1.29, 1.82) is 0 Å². The first-order chi connectivity index (χ1) is 14.7. The SMILES string of the molecule is CN=C(NCc1ccccc1OCCN(C)C)NCc1ccccc1OCC1CC1. The number of para-hydroxylation sites is 2. The quantitative estimate of drug-likeness (QED) is 0.440. The van der Waals surface area contributed by atoms with Crippen LogP contribution in [0.4, 0.5) is 0 Å². The van der Waals surface area contributed by atoms with E-state index >= 15 is 0 Å². The number of hydrogen-bond donors (Lipinski definition) is 2. The van der Waals surface area contributed by atoms with Gasteiger partial charge >= 0.3 is 0 Å². The normalized spacial score (nSPS) is 13.9. The van der Waals surface area contributed by atoms with Gasteiger partial charge in [-0.2, -0.15) is 0 Å². The maximum absolute atomic E-state index is 6.01. The summed E-state index contributed by atoms with van der Waals surface area (Å²) in [6.07, 6.45) is 2.58. The van der Waals surface area contributed by atoms with Gasteiger partial charge in [-0.1, -0.05) is 36.4 Å². The Labute approximate surface area is 180 Å². The molecule has 0 unspecified atom stereocenters. The van der Waals surface area contributed by atoms with Gasteiger partial charge in [-0.25, -0.2) is 0 Å². The summed E-state index contributed by atoms with van der Waals surface area (Å²) >= 11 is 0. The topological polar surface area (TPSA) is 58.1 Å². The van der Waals surface area contributed by atoms with Crippen LogP contribution in [0.25, 0.3) is 0 Å². The van der Waals surface area contributed by atoms with E-state index in [0.29, 0.717) is 19.7 Å². The molecule has 3 rings (SSSR count). The standard InChI is InChI=1S/C24H34N4O2/c1-25-24(26-16-20-8-4-6-10-22(20)29-15-14-28(2)3)27-17-21-9-5-7-11-23(21)30-18-19-12-13-19/h4-11,19H,12-18H2,1-3H3,(H2,25,26,27). The molecule has 1 saturated carbocycles. The predicted octanol–water partition coefficient (Wildman–Crippen LogP) is 3.28. The van der Waals surface area contributed by atoms with Crippen molar-refractivity contribution < 1.29 is 9.47 Å². The van der Waals surface area contributed by atoms with Gasteiger partial charge in [-0.05, 0) is 45.0 Å². The first-order valence-electron chi connectivity index (χ1n) is 10.7. The molecule has 0 aromatic heterocycles. The van der Waals surface area contributed by atoms with Gasteiger partial charge in [-0.15, -0.1) is 0 Å². The van der Waals surface area contributed by atoms with E-state index in [1.54, 1.807) is 7.05 Å². The van der Waals surface area contributed by atoms with E-state index in [4.69, 9.17) is 9.47 Å². The summed E-state index contributed by atoms with van der Waals surface area (Å²) in [6.45, 7) is 3.65. The van der Waals surface area contributed by atoms with Crippen molar-refractivity contribution in [2.24, 2.45) is 10.9 Å². The highest BCUT2D eigenvalue weighted by Crippen LogP contribution is 2.30. The lowest BCUT2D eigenvalue weighted by molar-refractivity contribution is 0.259. The first-order valence-corrected chi connectivity index (χ1v) is 10.7. The largest absolute Gasteiger partial charge is 0.493 e. The number of ether oxygens (including phenoxy) is 2. The maximum atomic E-state index is 6.01. The zero-order valence-electron chi connectivity index (χ0n) is 18.4. The minimum absolute atomic E-state index is 0.637. The van der Waals surface area contributed by atoms with Crippen LogP contribution in [0.15, 0.2) is 53.5 Å². The molecule has 30 heavy (non-hydrogen) atoms. The lowest BCUT2D eigenvalue weighted by Crippen LogP contribution is -2.36. The number of likely N-dealkylation sites (N-methyl/N-ethyl adjacent to an activating group) is 1. The molecule has 2 aromatic carbocycles. The Balaban J connectivity index is 1.51. The molecule has 0 saturated heterocycles. The zero-order chi connectivity index (χ0) is 21.2. The lowest BCUT2D eigenvalue weighted by Gasteiger charge is -2.17. The number of nitrogens with zero attached hydrogens (tertiary/aromatic N) is 2. The number of guanidine groups is 1. The summed E-state index contributed by atoms with van der Waals surface area (Å²) < 4.78 is 12.0. The van der Waals surface area contributed by atoms with Crippen molar-refractivity contribution in [3.8, 4) is 11.5 Å². The van der Waals surface area contributed by atoms with Crippen molar-refractivity contribution in [2.75, 3.05) is 40.9 Å². The molecule has 6 heteroatoms. The third-order valence-electron chi connectivity index (χ3n) is 5.03. The fraction of sp³-hybridized carbons (Fsp3) is 0.458. The third-order valence-corrected chi connectivity index (χ3v) is 5.03. The van der Waals surface area contributed by atoms with Gasteiger partial charge in [0.25, 0.3) is 0 Å². The molecule has 0 heterocycles. The lowest BCUT2D eigenvalue weighted by atomic mass is 10.2. The number of hydrogen-bond acceptors (Lipinski definition) is 4. The van der Waals surface area contributed by atoms with Gasteiger partial charge in [0.2, 0.25) is 0 Å². The van der Waals surface area contributed by atoms with Crippen molar-refractivity contribution in [3.05, 3.63) is 59.7 Å². The van der Waals surface area contributed by atoms with Crippen LogP contribution >= 0.6 is 0 Å². The van der Waals surface area contributed by atoms with Gasteiger partial charge in [0.05, 0.1) is 6.61 Å². The highest BCUT2D eigenvalue weighted by molar-refractivity contribution is 5.79. The number of rotatable bonds is 11. The van der Waals surface area contributed by atoms with Crippen LogP contribution in [-0.2, 0) is 13.1 Å². The van der Waals surface area contributed by atoms with Crippen LogP contribution in [0.1, 0.15) is 24.0 Å². The molecule has 0 radical (unpaired) electrons. The Morgan fingerprint density at radius 1 is 0.933 bits per heavy atom. The second-order valence-electron chi connectivity index (χ2n) is 7.90. The number of benzene rings is 2. The van der Waals surface area contributed by atoms with Gasteiger partial charge in [0, 0.05) is 37.8 Å². The molecule has 1 aliphatic rings. The smallest absolute Gasteiger partial charge is 0.191 e. The summed E-state index contributed by atoms with van der Waals surface area (Å²) in [5, 5.41) is 6.77. The Morgan fingerprint density at radius 2 is 1.50 bits per heavy atom. The monoisotopic (exact) mass is 410 g/mol. The molecule has 0 bridgehead atoms.